The molecule has 0 atom stereocenters. The molecule has 0 unspecified atom stereocenters. The van der Waals surface area contributed by atoms with Gasteiger partial charge in [-0.25, -0.2) is 4.68 Å². The average Bonchev–Trinajstić information content (AvgIpc) is 2.59. The van der Waals surface area contributed by atoms with E-state index >= 15 is 0 Å². The molecule has 0 bridgehead atoms. The highest BCUT2D eigenvalue weighted by Crippen LogP contribution is 2.11. The van der Waals surface area contributed by atoms with Crippen LogP contribution >= 0.6 is 11.6 Å². The van der Waals surface area contributed by atoms with Gasteiger partial charge >= 0.3 is 0 Å². The van der Waals surface area contributed by atoms with Gasteiger partial charge < -0.3 is 4.90 Å². The Bertz CT molecular complexity index is 935. The number of carbonyl (C=O) groups excluding carboxylic acids is 1. The van der Waals surface area contributed by atoms with E-state index in [1.807, 2.05) is 24.3 Å². The van der Waals surface area contributed by atoms with Crippen molar-refractivity contribution in [1.82, 2.24) is 14.7 Å². The van der Waals surface area contributed by atoms with Crippen LogP contribution < -0.4 is 5.56 Å². The van der Waals surface area contributed by atoms with Crippen LogP contribution in [-0.4, -0.2) is 27.6 Å². The highest BCUT2D eigenvalue weighted by atomic mass is 35.5. The number of fused-ring (bicyclic) bond motifs is 1. The minimum Gasteiger partial charge on any atom is -0.340 e. The van der Waals surface area contributed by atoms with Gasteiger partial charge in [0.1, 0.15) is 6.54 Å². The monoisotopic (exact) mass is 341 g/mol. The molecule has 0 fully saturated rings. The van der Waals surface area contributed by atoms with Crippen LogP contribution in [0.5, 0.6) is 0 Å². The number of benzene rings is 2. The molecule has 0 saturated carbocycles. The molecule has 0 saturated heterocycles. The maximum absolute atomic E-state index is 12.4. The molecule has 0 radical (unpaired) electrons. The zero-order valence-corrected chi connectivity index (χ0v) is 13.9. The Balaban J connectivity index is 1.75. The van der Waals surface area contributed by atoms with Crippen molar-refractivity contribution < 1.29 is 4.79 Å². The minimum absolute atomic E-state index is 0.0895. The first-order chi connectivity index (χ1) is 11.5. The lowest BCUT2D eigenvalue weighted by Gasteiger charge is -2.17. The predicted molar refractivity (Wildman–Crippen MR) is 93.9 cm³/mol. The van der Waals surface area contributed by atoms with Crippen LogP contribution in [0.4, 0.5) is 0 Å². The van der Waals surface area contributed by atoms with Crippen molar-refractivity contribution >= 4 is 28.3 Å². The molecule has 1 heterocycles. The normalized spacial score (nSPS) is 10.8. The fraction of sp³-hybridized carbons (Fsp3) is 0.167. The van der Waals surface area contributed by atoms with Crippen molar-refractivity contribution in [3.05, 3.63) is 75.7 Å². The molecule has 5 nitrogen and oxygen atoms in total. The van der Waals surface area contributed by atoms with Crippen molar-refractivity contribution in [2.75, 3.05) is 7.05 Å². The van der Waals surface area contributed by atoms with Gasteiger partial charge in [-0.1, -0.05) is 41.9 Å². The van der Waals surface area contributed by atoms with Crippen LogP contribution in [0.25, 0.3) is 10.8 Å². The van der Waals surface area contributed by atoms with E-state index in [0.29, 0.717) is 17.0 Å². The maximum Gasteiger partial charge on any atom is 0.275 e. The summed E-state index contributed by atoms with van der Waals surface area (Å²) in [6.07, 6.45) is 1.60. The molecule has 122 valence electrons. The molecule has 0 spiro atoms. The topological polar surface area (TPSA) is 55.2 Å². The van der Waals surface area contributed by atoms with Gasteiger partial charge in [-0.2, -0.15) is 5.10 Å². The first-order valence-corrected chi connectivity index (χ1v) is 7.85. The second-order valence-electron chi connectivity index (χ2n) is 5.57. The minimum atomic E-state index is -0.263. The molecule has 1 amide bonds. The summed E-state index contributed by atoms with van der Waals surface area (Å²) < 4.78 is 1.20. The van der Waals surface area contributed by atoms with Crippen LogP contribution in [0.15, 0.2) is 59.5 Å². The van der Waals surface area contributed by atoms with E-state index in [1.54, 1.807) is 42.4 Å². The Morgan fingerprint density at radius 2 is 1.88 bits per heavy atom. The van der Waals surface area contributed by atoms with Crippen LogP contribution in [0.3, 0.4) is 0 Å². The highest BCUT2D eigenvalue weighted by molar-refractivity contribution is 6.30. The third-order valence-electron chi connectivity index (χ3n) is 3.81. The first-order valence-electron chi connectivity index (χ1n) is 7.48. The lowest BCUT2D eigenvalue weighted by atomic mass is 10.2. The Kier molecular flexibility index (Phi) is 4.62. The fourth-order valence-corrected chi connectivity index (χ4v) is 2.57. The smallest absolute Gasteiger partial charge is 0.275 e. The van der Waals surface area contributed by atoms with Gasteiger partial charge in [0.25, 0.3) is 5.56 Å². The number of nitrogens with zero attached hydrogens (tertiary/aromatic N) is 3. The summed E-state index contributed by atoms with van der Waals surface area (Å²) in [5, 5.41) is 6.06. The maximum atomic E-state index is 12.4. The Labute approximate surface area is 144 Å². The number of rotatable bonds is 4. The van der Waals surface area contributed by atoms with Crippen molar-refractivity contribution in [2.45, 2.75) is 13.1 Å². The van der Waals surface area contributed by atoms with Crippen molar-refractivity contribution in [3.63, 3.8) is 0 Å². The van der Waals surface area contributed by atoms with Crippen LogP contribution in [0.1, 0.15) is 5.56 Å². The van der Waals surface area contributed by atoms with Crippen molar-refractivity contribution in [3.8, 4) is 0 Å². The molecular formula is C18H16ClN3O2. The molecule has 0 aliphatic carbocycles. The van der Waals surface area contributed by atoms with Gasteiger partial charge in [0.05, 0.1) is 11.6 Å². The predicted octanol–water partition coefficient (Wildman–Crippen LogP) is 2.71. The molecule has 6 heteroatoms. The third kappa shape index (κ3) is 3.46. The van der Waals surface area contributed by atoms with Crippen LogP contribution in [0.2, 0.25) is 5.02 Å². The van der Waals surface area contributed by atoms with E-state index in [9.17, 15) is 9.59 Å². The quantitative estimate of drug-likeness (QED) is 0.733. The molecular weight excluding hydrogens is 326 g/mol. The van der Waals surface area contributed by atoms with E-state index in [-0.39, 0.29) is 18.0 Å². The molecule has 0 aliphatic heterocycles. The number of likely N-dealkylation sites (N-methyl/N-ethyl adjacent to an activating group) is 1. The van der Waals surface area contributed by atoms with Gasteiger partial charge in [-0.15, -0.1) is 0 Å². The molecule has 3 rings (SSSR count). The fourth-order valence-electron chi connectivity index (χ4n) is 2.44. The van der Waals surface area contributed by atoms with Gasteiger partial charge in [0.15, 0.2) is 0 Å². The van der Waals surface area contributed by atoms with Gasteiger partial charge in [-0.3, -0.25) is 9.59 Å². The molecule has 0 N–H and O–H groups in total. The van der Waals surface area contributed by atoms with E-state index in [2.05, 4.69) is 5.10 Å². The lowest BCUT2D eigenvalue weighted by Crippen LogP contribution is -2.34. The van der Waals surface area contributed by atoms with Crippen molar-refractivity contribution in [1.29, 1.82) is 0 Å². The third-order valence-corrected chi connectivity index (χ3v) is 4.06. The zero-order chi connectivity index (χ0) is 17.1. The number of carbonyl (C=O) groups is 1. The molecule has 2 aromatic carbocycles. The SMILES string of the molecule is CN(Cc1ccc(Cl)cc1)C(=O)Cn1ncc2ccccc2c1=O. The number of halogens is 1. The van der Waals surface area contributed by atoms with Gasteiger partial charge in [0.2, 0.25) is 5.91 Å². The summed E-state index contributed by atoms with van der Waals surface area (Å²) in [6.45, 7) is 0.353. The Morgan fingerprint density at radius 1 is 1.17 bits per heavy atom. The summed E-state index contributed by atoms with van der Waals surface area (Å²) in [5.74, 6) is -0.185. The number of aromatic nitrogens is 2. The molecule has 24 heavy (non-hydrogen) atoms. The van der Waals surface area contributed by atoms with E-state index in [0.717, 1.165) is 10.9 Å². The largest absolute Gasteiger partial charge is 0.340 e. The Morgan fingerprint density at radius 3 is 2.62 bits per heavy atom. The van der Waals surface area contributed by atoms with Crippen LogP contribution in [0, 0.1) is 0 Å². The Hall–Kier alpha value is -2.66. The number of hydrogen-bond donors (Lipinski definition) is 0. The molecule has 3 aromatic rings. The lowest BCUT2D eigenvalue weighted by molar-refractivity contribution is -0.131. The summed E-state index contributed by atoms with van der Waals surface area (Å²) in [4.78, 5) is 26.3. The number of amides is 1. The zero-order valence-electron chi connectivity index (χ0n) is 13.1. The molecule has 0 aliphatic rings. The summed E-state index contributed by atoms with van der Waals surface area (Å²) >= 11 is 5.86. The second-order valence-corrected chi connectivity index (χ2v) is 6.01. The average molecular weight is 342 g/mol. The summed E-state index contributed by atoms with van der Waals surface area (Å²) in [6, 6.07) is 14.5. The number of hydrogen-bond acceptors (Lipinski definition) is 3. The van der Waals surface area contributed by atoms with E-state index in [1.165, 1.54) is 4.68 Å². The van der Waals surface area contributed by atoms with E-state index in [4.69, 9.17) is 11.6 Å². The van der Waals surface area contributed by atoms with Crippen molar-refractivity contribution in [2.24, 2.45) is 0 Å². The van der Waals surface area contributed by atoms with Gasteiger partial charge in [0, 0.05) is 24.0 Å². The first kappa shape index (κ1) is 16.2. The van der Waals surface area contributed by atoms with Crippen LogP contribution in [-0.2, 0) is 17.9 Å². The molecule has 1 aromatic heterocycles. The van der Waals surface area contributed by atoms with Gasteiger partial charge in [-0.05, 0) is 23.8 Å². The summed E-state index contributed by atoms with van der Waals surface area (Å²) in [7, 11) is 1.70. The summed E-state index contributed by atoms with van der Waals surface area (Å²) in [5.41, 5.74) is 0.704. The van der Waals surface area contributed by atoms with E-state index < -0.39 is 0 Å². The standard InChI is InChI=1S/C18H16ClN3O2/c1-21(11-13-6-8-15(19)9-7-13)17(23)12-22-18(24)16-5-3-2-4-14(16)10-20-22/h2-10H,11-12H2,1H3. The highest BCUT2D eigenvalue weighted by Gasteiger charge is 2.13. The second kappa shape index (κ2) is 6.84.